The van der Waals surface area contributed by atoms with Gasteiger partial charge in [-0.3, -0.25) is 9.69 Å². The Kier molecular flexibility index (Phi) is 4.01. The minimum atomic E-state index is -0.786. The fourth-order valence-electron chi connectivity index (χ4n) is 2.64. The van der Waals surface area contributed by atoms with E-state index in [0.29, 0.717) is 30.4 Å². The Morgan fingerprint density at radius 2 is 2.33 bits per heavy atom. The highest BCUT2D eigenvalue weighted by Crippen LogP contribution is 2.21. The van der Waals surface area contributed by atoms with E-state index < -0.39 is 12.0 Å². The van der Waals surface area contributed by atoms with E-state index in [1.807, 2.05) is 4.90 Å². The van der Waals surface area contributed by atoms with Crippen LogP contribution in [-0.4, -0.2) is 38.7 Å². The van der Waals surface area contributed by atoms with Crippen LogP contribution in [0.2, 0.25) is 0 Å². The minimum absolute atomic E-state index is 0.316. The number of hydrogen-bond acceptors (Lipinski definition) is 6. The zero-order valence-electron chi connectivity index (χ0n) is 11.6. The highest BCUT2D eigenvalue weighted by Gasteiger charge is 2.28. The predicted octanol–water partition coefficient (Wildman–Crippen LogP) is 2.16. The third-order valence-corrected chi connectivity index (χ3v) is 3.69. The van der Waals surface area contributed by atoms with Crippen LogP contribution in [0.4, 0.5) is 0 Å². The number of carbonyl (C=O) groups is 1. The van der Waals surface area contributed by atoms with Crippen molar-refractivity contribution in [3.8, 4) is 11.7 Å². The van der Waals surface area contributed by atoms with Gasteiger partial charge in [0, 0.05) is 0 Å². The summed E-state index contributed by atoms with van der Waals surface area (Å²) in [5, 5.41) is 13.3. The Morgan fingerprint density at radius 1 is 1.43 bits per heavy atom. The van der Waals surface area contributed by atoms with Crippen LogP contribution < -0.4 is 0 Å². The van der Waals surface area contributed by atoms with Crippen molar-refractivity contribution in [2.75, 3.05) is 6.54 Å². The number of carboxylic acid groups (broad SMARTS) is 1. The molecule has 1 atom stereocenters. The lowest BCUT2D eigenvalue weighted by Gasteiger charge is -2.24. The van der Waals surface area contributed by atoms with Crippen LogP contribution in [0.5, 0.6) is 0 Å². The molecule has 0 aromatic carbocycles. The SMILES string of the molecule is O=C(O)C1CCCCCN1Cc1noc(-c2ccco2)n1. The van der Waals surface area contributed by atoms with E-state index in [4.69, 9.17) is 8.94 Å². The van der Waals surface area contributed by atoms with E-state index in [-0.39, 0.29) is 0 Å². The normalized spacial score (nSPS) is 20.3. The summed E-state index contributed by atoms with van der Waals surface area (Å²) in [5.41, 5.74) is 0. The molecule has 112 valence electrons. The first kappa shape index (κ1) is 13.8. The lowest BCUT2D eigenvalue weighted by Crippen LogP contribution is -2.40. The lowest BCUT2D eigenvalue weighted by atomic mass is 10.1. The zero-order chi connectivity index (χ0) is 14.7. The second-order valence-electron chi connectivity index (χ2n) is 5.17. The Bertz CT molecular complexity index is 593. The molecule has 1 unspecified atom stereocenters. The van der Waals surface area contributed by atoms with Gasteiger partial charge in [-0.15, -0.1) is 0 Å². The molecule has 0 radical (unpaired) electrons. The van der Waals surface area contributed by atoms with Crippen molar-refractivity contribution in [3.05, 3.63) is 24.2 Å². The summed E-state index contributed by atoms with van der Waals surface area (Å²) in [6.45, 7) is 1.11. The number of hydrogen-bond donors (Lipinski definition) is 1. The van der Waals surface area contributed by atoms with Crippen molar-refractivity contribution in [1.29, 1.82) is 0 Å². The number of furan rings is 1. The van der Waals surface area contributed by atoms with E-state index in [2.05, 4.69) is 10.1 Å². The van der Waals surface area contributed by atoms with Crippen LogP contribution >= 0.6 is 0 Å². The van der Waals surface area contributed by atoms with Gasteiger partial charge < -0.3 is 14.0 Å². The van der Waals surface area contributed by atoms with Crippen molar-refractivity contribution in [2.24, 2.45) is 0 Å². The summed E-state index contributed by atoms with van der Waals surface area (Å²) in [5.74, 6) is 0.525. The first-order valence-electron chi connectivity index (χ1n) is 7.07. The van der Waals surface area contributed by atoms with Crippen molar-refractivity contribution < 1.29 is 18.8 Å². The molecule has 2 aromatic heterocycles. The fraction of sp³-hybridized carbons (Fsp3) is 0.500. The molecule has 3 heterocycles. The average molecular weight is 291 g/mol. The highest BCUT2D eigenvalue weighted by atomic mass is 16.5. The maximum absolute atomic E-state index is 11.4. The second kappa shape index (κ2) is 6.09. The van der Waals surface area contributed by atoms with Gasteiger partial charge in [-0.1, -0.05) is 18.0 Å². The molecule has 0 amide bonds. The van der Waals surface area contributed by atoms with E-state index in [9.17, 15) is 9.90 Å². The van der Waals surface area contributed by atoms with Gasteiger partial charge in [0.2, 0.25) is 0 Å². The quantitative estimate of drug-likeness (QED) is 0.922. The van der Waals surface area contributed by atoms with Crippen LogP contribution in [0.3, 0.4) is 0 Å². The molecule has 21 heavy (non-hydrogen) atoms. The van der Waals surface area contributed by atoms with E-state index in [1.54, 1.807) is 12.1 Å². The largest absolute Gasteiger partial charge is 0.480 e. The van der Waals surface area contributed by atoms with E-state index >= 15 is 0 Å². The van der Waals surface area contributed by atoms with Gasteiger partial charge in [-0.25, -0.2) is 0 Å². The zero-order valence-corrected chi connectivity index (χ0v) is 11.6. The fourth-order valence-corrected chi connectivity index (χ4v) is 2.64. The minimum Gasteiger partial charge on any atom is -0.480 e. The number of aliphatic carboxylic acids is 1. The molecule has 1 aliphatic heterocycles. The number of aromatic nitrogens is 2. The number of rotatable bonds is 4. The molecule has 1 N–H and O–H groups in total. The van der Waals surface area contributed by atoms with Crippen molar-refractivity contribution in [2.45, 2.75) is 38.3 Å². The monoisotopic (exact) mass is 291 g/mol. The van der Waals surface area contributed by atoms with Gasteiger partial charge in [0.15, 0.2) is 11.6 Å². The Morgan fingerprint density at radius 3 is 3.10 bits per heavy atom. The molecule has 3 rings (SSSR count). The third kappa shape index (κ3) is 3.13. The Balaban J connectivity index is 1.73. The third-order valence-electron chi connectivity index (χ3n) is 3.69. The van der Waals surface area contributed by atoms with Gasteiger partial charge in [0.1, 0.15) is 6.04 Å². The number of carboxylic acids is 1. The second-order valence-corrected chi connectivity index (χ2v) is 5.17. The summed E-state index contributed by atoms with van der Waals surface area (Å²) in [4.78, 5) is 17.6. The Hall–Kier alpha value is -2.15. The van der Waals surface area contributed by atoms with Crippen molar-refractivity contribution in [3.63, 3.8) is 0 Å². The maximum Gasteiger partial charge on any atom is 0.320 e. The summed E-state index contributed by atoms with van der Waals surface area (Å²) < 4.78 is 10.3. The molecule has 0 bridgehead atoms. The molecule has 1 aliphatic rings. The molecule has 1 fully saturated rings. The van der Waals surface area contributed by atoms with Crippen LogP contribution in [0.15, 0.2) is 27.3 Å². The number of likely N-dealkylation sites (tertiary alicyclic amines) is 1. The standard InChI is InChI=1S/C14H17N3O4/c18-14(19)10-5-2-1-3-7-17(10)9-12-15-13(21-16-12)11-6-4-8-20-11/h4,6,8,10H,1-3,5,7,9H2,(H,18,19). The summed E-state index contributed by atoms with van der Waals surface area (Å²) in [7, 11) is 0. The van der Waals surface area contributed by atoms with Crippen LogP contribution in [0.1, 0.15) is 31.5 Å². The van der Waals surface area contributed by atoms with Gasteiger partial charge in [0.25, 0.3) is 5.89 Å². The highest BCUT2D eigenvalue weighted by molar-refractivity contribution is 5.73. The van der Waals surface area contributed by atoms with Crippen molar-refractivity contribution in [1.82, 2.24) is 15.0 Å². The smallest absolute Gasteiger partial charge is 0.320 e. The van der Waals surface area contributed by atoms with E-state index in [0.717, 1.165) is 25.8 Å². The molecule has 0 saturated carbocycles. The van der Waals surface area contributed by atoms with Gasteiger partial charge in [-0.05, 0) is 31.5 Å². The molecule has 7 nitrogen and oxygen atoms in total. The lowest BCUT2D eigenvalue weighted by molar-refractivity contribution is -0.143. The van der Waals surface area contributed by atoms with Gasteiger partial charge in [-0.2, -0.15) is 4.98 Å². The maximum atomic E-state index is 11.4. The topological polar surface area (TPSA) is 92.6 Å². The molecule has 0 spiro atoms. The van der Waals surface area contributed by atoms with Crippen molar-refractivity contribution >= 4 is 5.97 Å². The molecule has 1 saturated heterocycles. The average Bonchev–Trinajstić information content (AvgIpc) is 3.07. The summed E-state index contributed by atoms with van der Waals surface area (Å²) >= 11 is 0. The molecular formula is C14H17N3O4. The molecule has 0 aliphatic carbocycles. The van der Waals surface area contributed by atoms with Crippen LogP contribution in [0.25, 0.3) is 11.7 Å². The van der Waals surface area contributed by atoms with E-state index in [1.165, 1.54) is 6.26 Å². The summed E-state index contributed by atoms with van der Waals surface area (Å²) in [6, 6.07) is 3.01. The Labute approximate surface area is 121 Å². The first-order chi connectivity index (χ1) is 10.2. The molecule has 2 aromatic rings. The first-order valence-corrected chi connectivity index (χ1v) is 7.07. The van der Waals surface area contributed by atoms with Gasteiger partial charge >= 0.3 is 5.97 Å². The molecule has 7 heteroatoms. The molecular weight excluding hydrogens is 274 g/mol. The van der Waals surface area contributed by atoms with Gasteiger partial charge in [0.05, 0.1) is 12.8 Å². The van der Waals surface area contributed by atoms with Crippen LogP contribution in [-0.2, 0) is 11.3 Å². The number of nitrogens with zero attached hydrogens (tertiary/aromatic N) is 3. The van der Waals surface area contributed by atoms with Crippen LogP contribution in [0, 0.1) is 0 Å². The summed E-state index contributed by atoms with van der Waals surface area (Å²) in [6.07, 6.45) is 5.20. The predicted molar refractivity (Wildman–Crippen MR) is 72.3 cm³/mol.